The maximum Gasteiger partial charge on any atom is 0.385 e. The molecule has 12 bridgehead atoms. The van der Waals surface area contributed by atoms with Crippen LogP contribution in [0.5, 0.6) is 0 Å². The summed E-state index contributed by atoms with van der Waals surface area (Å²) in [4.78, 5) is 89.8. The molecule has 120 heavy (non-hydrogen) atoms. The minimum Gasteiger partial charge on any atom is -0.498 e. The number of aliphatic hydroxyl groups excluding tert-OH is 5. The number of esters is 7. The van der Waals surface area contributed by atoms with Crippen molar-refractivity contribution in [2.24, 2.45) is 21.7 Å². The van der Waals surface area contributed by atoms with E-state index in [1.807, 2.05) is 6.92 Å². The summed E-state index contributed by atoms with van der Waals surface area (Å²) >= 11 is 0. The van der Waals surface area contributed by atoms with E-state index in [0.717, 1.165) is 57.3 Å². The molecule has 21 atom stereocenters. The van der Waals surface area contributed by atoms with Crippen LogP contribution in [0.15, 0.2) is 72.1 Å². The molecule has 0 aromatic rings. The van der Waals surface area contributed by atoms with Crippen molar-refractivity contribution in [1.29, 1.82) is 0 Å². The Morgan fingerprint density at radius 2 is 0.992 bits per heavy atom. The zero-order valence-electron chi connectivity index (χ0n) is 73.2. The molecule has 6 saturated heterocycles. The smallest absolute Gasteiger partial charge is 0.385 e. The summed E-state index contributed by atoms with van der Waals surface area (Å²) in [6, 6.07) is 0. The van der Waals surface area contributed by atoms with Gasteiger partial charge in [0.1, 0.15) is 18.3 Å². The summed E-state index contributed by atoms with van der Waals surface area (Å²) in [7, 11) is 2.39. The molecule has 0 saturated carbocycles. The van der Waals surface area contributed by atoms with Crippen molar-refractivity contribution in [1.82, 2.24) is 0 Å². The number of unbranched alkanes of at least 4 members (excludes halogenated alkanes) is 6. The van der Waals surface area contributed by atoms with Gasteiger partial charge in [-0.3, -0.25) is 14.4 Å². The van der Waals surface area contributed by atoms with E-state index in [2.05, 4.69) is 43.8 Å². The van der Waals surface area contributed by atoms with Gasteiger partial charge < -0.3 is 112 Å². The standard InChI is InChI=1S/C44H66O16.C44H64O13.C2H6O/c1-9-10-11-12-13-14-37(49)58-40-28(18-38(50)54-8)17-32-23-35(26(2)45)57-39(51)22-30(48)20-33-24-36(55-27(3)46)42(6,7)43(52,59-33)25-34-21-29(47)19-31(56-34)15-16-41(4,5)44(40,53)60-32;1-10-11-12-13-14-15-38(47)55-40-31(24-39(48)51-9)23-34-17-19-52-29(3)22-32(46)25-35-26-37(53-30(4)45)42(7,8)43(49,56-35)27-36-21-28(2)20-33(54-36)16-18-41(5,6)44(40,50)57-34;1-2-3/h15-16,18,26,29-36,40,45,47-48,52-53H,9-12,17,19-25H2,1-8H3;16,18,24,32-37,40,46,49-50H,2-3,10-13,17,19-23,25-27H2,1,4-9H3;3H,2H2,1H3/b16-15+,28-18+;18-16+,31-24+;/t26-,29-,30-,31+,32+,33-,34+,35?,36+,40+,43+,44-;32-,33-,34+,35+,36-,37-,40-,43-,44+;/m10./s1. The van der Waals surface area contributed by atoms with Crippen molar-refractivity contribution in [2.75, 3.05) is 27.4 Å². The number of rotatable bonds is 13. The second kappa shape index (κ2) is 45.1. The molecular weight excluding hydrogens is 1560 g/mol. The van der Waals surface area contributed by atoms with Crippen molar-refractivity contribution in [3.8, 4) is 23.7 Å². The third-order valence-corrected chi connectivity index (χ3v) is 23.7. The Balaban J connectivity index is 0.000000361. The van der Waals surface area contributed by atoms with Gasteiger partial charge in [-0.15, -0.1) is 0 Å². The van der Waals surface area contributed by atoms with Crippen molar-refractivity contribution in [3.63, 3.8) is 0 Å². The first kappa shape index (κ1) is 102. The highest BCUT2D eigenvalue weighted by molar-refractivity contribution is 5.90. The summed E-state index contributed by atoms with van der Waals surface area (Å²) < 4.78 is 83.2. The number of hydrogen-bond acceptors (Lipinski definition) is 30. The molecule has 8 rings (SSSR count). The molecule has 8 heterocycles. The van der Waals surface area contributed by atoms with Crippen molar-refractivity contribution < 1.29 is 146 Å². The molecule has 9 N–H and O–H groups in total. The lowest BCUT2D eigenvalue weighted by Crippen LogP contribution is -2.62. The number of carbonyl (C=O) groups excluding carboxylic acids is 7. The van der Waals surface area contributed by atoms with Gasteiger partial charge in [-0.2, -0.15) is 0 Å². The summed E-state index contributed by atoms with van der Waals surface area (Å²) in [5, 5.41) is 102. The van der Waals surface area contributed by atoms with Crippen LogP contribution in [0.4, 0.5) is 0 Å². The zero-order valence-corrected chi connectivity index (χ0v) is 73.2. The first-order valence-corrected chi connectivity index (χ1v) is 42.3. The molecule has 6 fully saturated rings. The molecule has 0 aromatic heterocycles. The largest absolute Gasteiger partial charge is 0.498 e. The fraction of sp³-hybridized carbons (Fsp3) is 0.744. The van der Waals surface area contributed by atoms with Crippen LogP contribution in [-0.2, 0) is 99.9 Å². The average molecular weight is 1700 g/mol. The molecule has 0 amide bonds. The number of aliphatic hydroxyl groups is 9. The zero-order chi connectivity index (χ0) is 89.5. The number of ether oxygens (including phenoxy) is 14. The molecule has 8 aliphatic heterocycles. The lowest BCUT2D eigenvalue weighted by Gasteiger charge is -2.53. The first-order valence-electron chi connectivity index (χ1n) is 42.3. The Labute approximate surface area is 707 Å². The Hall–Kier alpha value is -6.95. The quantitative estimate of drug-likeness (QED) is 0.0158. The van der Waals surface area contributed by atoms with E-state index < -0.39 is 197 Å². The molecular formula is C90H136O30. The van der Waals surface area contributed by atoms with Crippen LogP contribution in [0.2, 0.25) is 0 Å². The van der Waals surface area contributed by atoms with E-state index in [0.29, 0.717) is 25.7 Å². The van der Waals surface area contributed by atoms with Gasteiger partial charge in [-0.05, 0) is 69.9 Å². The van der Waals surface area contributed by atoms with E-state index in [1.165, 1.54) is 34.0 Å². The Morgan fingerprint density at radius 1 is 0.550 bits per heavy atom. The molecule has 1 unspecified atom stereocenters. The van der Waals surface area contributed by atoms with Crippen LogP contribution >= 0.6 is 0 Å². The van der Waals surface area contributed by atoms with Crippen molar-refractivity contribution >= 4 is 41.8 Å². The van der Waals surface area contributed by atoms with E-state index in [9.17, 15) is 74.4 Å². The van der Waals surface area contributed by atoms with Gasteiger partial charge in [0.25, 0.3) is 0 Å². The summed E-state index contributed by atoms with van der Waals surface area (Å²) in [6.45, 7) is 31.9. The molecule has 0 spiro atoms. The molecule has 0 aromatic carbocycles. The molecule has 676 valence electrons. The van der Waals surface area contributed by atoms with Gasteiger partial charge >= 0.3 is 41.8 Å². The predicted molar refractivity (Wildman–Crippen MR) is 435 cm³/mol. The average Bonchev–Trinajstić information content (AvgIpc) is 0.763. The van der Waals surface area contributed by atoms with E-state index in [1.54, 1.807) is 86.6 Å². The SMILES string of the molecule is C=C1C[C@H]2C[C@]3(O)O[C@H](C[C@@H](O)CC(=C)OCC[C@@H]4C/C(=C\C(=O)OC)[C@H](OC(=O)C#CCCCCC)[C@@](O)(O4)C(C)(C)/C=C/[C@@H](C1)O2)C[C@H](OC(C)=O)C3(C)C.CCCCCC#CC(=O)O[C@H]1/C(=C/C(=O)OC)C[C@H]2CC([C@@H](C)O)OC(=O)C[C@H](O)C[C@@H]3C[C@H](OC(C)=O)C(C)(C)[C@](O)(C[C@@H]4C[C@H](O)C[C@H](/C=C/C(C)(C)[C@]1(O)O2)O4)O3.CCO. The van der Waals surface area contributed by atoms with Crippen LogP contribution in [0.25, 0.3) is 0 Å². The maximum atomic E-state index is 13.4. The second-order valence-electron chi connectivity index (χ2n) is 35.1. The number of carbonyl (C=O) groups is 7. The molecule has 0 radical (unpaired) electrons. The normalized spacial score (nSPS) is 35.9. The highest BCUT2D eigenvalue weighted by atomic mass is 16.7. The number of fused-ring (bicyclic) bond motifs is 12. The Kier molecular flexibility index (Phi) is 38.3. The minimum atomic E-state index is -2.45. The summed E-state index contributed by atoms with van der Waals surface area (Å²) in [5.41, 5.74) is -3.82. The van der Waals surface area contributed by atoms with Crippen LogP contribution in [0.3, 0.4) is 0 Å². The third kappa shape index (κ3) is 28.0. The van der Waals surface area contributed by atoms with Crippen LogP contribution < -0.4 is 0 Å². The lowest BCUT2D eigenvalue weighted by molar-refractivity contribution is -0.350. The second-order valence-corrected chi connectivity index (χ2v) is 35.1. The van der Waals surface area contributed by atoms with E-state index >= 15 is 0 Å². The molecule has 0 aliphatic carbocycles. The lowest BCUT2D eigenvalue weighted by atomic mass is 9.70. The van der Waals surface area contributed by atoms with Crippen LogP contribution in [0, 0.1) is 45.3 Å². The Bertz CT molecular complexity index is 3730. The maximum absolute atomic E-state index is 13.4. The van der Waals surface area contributed by atoms with Gasteiger partial charge in [0.2, 0.25) is 11.6 Å². The van der Waals surface area contributed by atoms with E-state index in [4.69, 9.17) is 71.4 Å². The fourth-order valence-electron chi connectivity index (χ4n) is 16.5. The monoisotopic (exact) mass is 1700 g/mol. The van der Waals surface area contributed by atoms with Gasteiger partial charge in [-0.1, -0.05) is 150 Å². The van der Waals surface area contributed by atoms with Crippen LogP contribution in [-0.4, -0.2) is 242 Å². The first-order chi connectivity index (χ1) is 56.1. The molecule has 30 heteroatoms. The number of cyclic esters (lactones) is 1. The Morgan fingerprint density at radius 3 is 1.46 bits per heavy atom. The van der Waals surface area contributed by atoms with E-state index in [-0.39, 0.29) is 114 Å². The van der Waals surface area contributed by atoms with Gasteiger partial charge in [0.15, 0.2) is 23.8 Å². The van der Waals surface area contributed by atoms with Gasteiger partial charge in [0, 0.05) is 132 Å². The summed E-state index contributed by atoms with van der Waals surface area (Å²) in [6.07, 6.45) is -0.375. The predicted octanol–water partition coefficient (Wildman–Crippen LogP) is 8.86. The highest BCUT2D eigenvalue weighted by Crippen LogP contribution is 2.53. The fourth-order valence-corrected chi connectivity index (χ4v) is 16.5. The van der Waals surface area contributed by atoms with Crippen LogP contribution in [0.1, 0.15) is 251 Å². The topological polar surface area (TPSA) is 431 Å². The van der Waals surface area contributed by atoms with Crippen molar-refractivity contribution in [2.45, 2.75) is 378 Å². The minimum absolute atomic E-state index is 0.000843. The third-order valence-electron chi connectivity index (χ3n) is 23.7. The number of hydrogen-bond donors (Lipinski definition) is 9. The molecule has 30 nitrogen and oxygen atoms in total. The summed E-state index contributed by atoms with van der Waals surface area (Å²) in [5.74, 6) is -2.97. The van der Waals surface area contributed by atoms with Crippen molar-refractivity contribution in [3.05, 3.63) is 72.1 Å². The highest BCUT2D eigenvalue weighted by Gasteiger charge is 2.63. The van der Waals surface area contributed by atoms with Gasteiger partial charge in [0.05, 0.1) is 117 Å². The number of methoxy groups -OCH3 is 2. The van der Waals surface area contributed by atoms with Gasteiger partial charge in [-0.25, -0.2) is 19.2 Å². The molecule has 8 aliphatic rings.